The van der Waals surface area contributed by atoms with E-state index in [4.69, 9.17) is 0 Å². The Bertz CT molecular complexity index is 1070. The average molecular weight is 473 g/mol. The van der Waals surface area contributed by atoms with Crippen molar-refractivity contribution in [3.05, 3.63) is 60.4 Å². The summed E-state index contributed by atoms with van der Waals surface area (Å²) in [6.45, 7) is 1.94. The van der Waals surface area contributed by atoms with Crippen LogP contribution in [-0.2, 0) is 4.79 Å². The number of aromatic nitrogens is 2. The van der Waals surface area contributed by atoms with Crippen molar-refractivity contribution in [2.45, 2.75) is 4.34 Å². The Morgan fingerprint density at radius 1 is 0.969 bits per heavy atom. The number of amides is 3. The smallest absolute Gasteiger partial charge is 0.321 e. The van der Waals surface area contributed by atoms with Crippen LogP contribution in [0.4, 0.5) is 25.7 Å². The third kappa shape index (κ3) is 5.95. The fourth-order valence-corrected chi connectivity index (χ4v) is 4.78. The van der Waals surface area contributed by atoms with Gasteiger partial charge in [0, 0.05) is 37.6 Å². The van der Waals surface area contributed by atoms with Gasteiger partial charge in [-0.15, -0.1) is 10.2 Å². The van der Waals surface area contributed by atoms with Gasteiger partial charge < -0.3 is 20.4 Å². The lowest BCUT2D eigenvalue weighted by molar-refractivity contribution is -0.129. The predicted octanol–water partition coefficient (Wildman–Crippen LogP) is 3.89. The molecule has 0 aliphatic carbocycles. The van der Waals surface area contributed by atoms with Crippen molar-refractivity contribution in [1.29, 1.82) is 0 Å². The van der Waals surface area contributed by atoms with E-state index < -0.39 is 0 Å². The molecule has 3 amide bonds. The van der Waals surface area contributed by atoms with Gasteiger partial charge in [-0.2, -0.15) is 0 Å². The molecule has 166 valence electrons. The van der Waals surface area contributed by atoms with Gasteiger partial charge in [-0.1, -0.05) is 47.4 Å². The van der Waals surface area contributed by atoms with Gasteiger partial charge in [0.25, 0.3) is 0 Å². The number of nitrogens with one attached hydrogen (secondary N) is 2. The highest BCUT2D eigenvalue weighted by molar-refractivity contribution is 8.01. The van der Waals surface area contributed by atoms with Gasteiger partial charge >= 0.3 is 6.03 Å². The molecule has 0 atom stereocenters. The Morgan fingerprint density at radius 3 is 2.44 bits per heavy atom. The maximum Gasteiger partial charge on any atom is 0.321 e. The minimum absolute atomic E-state index is 0.00652. The first-order valence-electron chi connectivity index (χ1n) is 9.94. The van der Waals surface area contributed by atoms with Crippen molar-refractivity contribution in [3.8, 4) is 0 Å². The number of thioether (sulfide) groups is 1. The predicted molar refractivity (Wildman–Crippen MR) is 124 cm³/mol. The lowest BCUT2D eigenvalue weighted by Crippen LogP contribution is -2.52. The third-order valence-corrected chi connectivity index (χ3v) is 6.70. The highest BCUT2D eigenvalue weighted by atomic mass is 32.2. The second-order valence-electron chi connectivity index (χ2n) is 6.96. The van der Waals surface area contributed by atoms with Crippen LogP contribution in [0.25, 0.3) is 0 Å². The van der Waals surface area contributed by atoms with Crippen molar-refractivity contribution < 1.29 is 14.0 Å². The molecule has 1 aliphatic rings. The van der Waals surface area contributed by atoms with E-state index in [-0.39, 0.29) is 23.5 Å². The second-order valence-corrected chi connectivity index (χ2v) is 9.16. The standard InChI is InChI=1S/C21H21FN6O2S2/c22-15-5-4-8-17(13-15)23-19-25-26-21(32-19)31-14-18(29)27-9-11-28(12-10-27)20(30)24-16-6-2-1-3-7-16/h1-8,13H,9-12,14H2,(H,23,25)(H,24,30). The van der Waals surface area contributed by atoms with E-state index in [0.29, 0.717) is 41.3 Å². The summed E-state index contributed by atoms with van der Waals surface area (Å²) >= 11 is 2.62. The number of piperazine rings is 1. The van der Waals surface area contributed by atoms with Crippen molar-refractivity contribution in [3.63, 3.8) is 0 Å². The fourth-order valence-electron chi connectivity index (χ4n) is 3.11. The van der Waals surface area contributed by atoms with E-state index in [2.05, 4.69) is 20.8 Å². The summed E-state index contributed by atoms with van der Waals surface area (Å²) in [5.41, 5.74) is 1.33. The molecule has 0 radical (unpaired) electrons. The molecule has 0 bridgehead atoms. The Labute approximate surface area is 192 Å². The van der Waals surface area contributed by atoms with E-state index >= 15 is 0 Å². The first kappa shape index (κ1) is 22.0. The van der Waals surface area contributed by atoms with Crippen LogP contribution < -0.4 is 10.6 Å². The molecule has 1 aliphatic heterocycles. The van der Waals surface area contributed by atoms with Crippen molar-refractivity contribution in [2.24, 2.45) is 0 Å². The first-order chi connectivity index (χ1) is 15.6. The monoisotopic (exact) mass is 472 g/mol. The zero-order chi connectivity index (χ0) is 22.3. The molecule has 0 unspecified atom stereocenters. The van der Waals surface area contributed by atoms with Crippen molar-refractivity contribution >= 4 is 51.5 Å². The Morgan fingerprint density at radius 2 is 1.69 bits per heavy atom. The summed E-state index contributed by atoms with van der Waals surface area (Å²) < 4.78 is 13.9. The Balaban J connectivity index is 1.21. The molecule has 8 nitrogen and oxygen atoms in total. The Hall–Kier alpha value is -3.18. The molecule has 32 heavy (non-hydrogen) atoms. The van der Waals surface area contributed by atoms with Gasteiger partial charge in [0.05, 0.1) is 5.75 Å². The lowest BCUT2D eigenvalue weighted by Gasteiger charge is -2.34. The molecule has 1 saturated heterocycles. The summed E-state index contributed by atoms with van der Waals surface area (Å²) in [6, 6.07) is 15.2. The largest absolute Gasteiger partial charge is 0.338 e. The number of urea groups is 1. The number of carbonyl (C=O) groups is 2. The van der Waals surface area contributed by atoms with E-state index in [1.165, 1.54) is 35.2 Å². The summed E-state index contributed by atoms with van der Waals surface area (Å²) in [5.74, 6) is -0.101. The minimum atomic E-state index is -0.336. The molecule has 1 fully saturated rings. The molecule has 2 aromatic carbocycles. The van der Waals surface area contributed by atoms with Crippen LogP contribution >= 0.6 is 23.1 Å². The molecule has 4 rings (SSSR count). The topological polar surface area (TPSA) is 90.5 Å². The van der Waals surface area contributed by atoms with Crippen LogP contribution in [0, 0.1) is 5.82 Å². The molecule has 0 spiro atoms. The summed E-state index contributed by atoms with van der Waals surface area (Å²) in [4.78, 5) is 28.4. The molecule has 1 aromatic heterocycles. The van der Waals surface area contributed by atoms with Gasteiger partial charge in [-0.25, -0.2) is 9.18 Å². The van der Waals surface area contributed by atoms with E-state index in [9.17, 15) is 14.0 Å². The molecule has 3 aromatic rings. The van der Waals surface area contributed by atoms with Crippen LogP contribution in [0.1, 0.15) is 0 Å². The fraction of sp³-hybridized carbons (Fsp3) is 0.238. The number of hydrogen-bond donors (Lipinski definition) is 2. The maximum atomic E-state index is 13.3. The highest BCUT2D eigenvalue weighted by Gasteiger charge is 2.24. The number of para-hydroxylation sites is 1. The average Bonchev–Trinajstić information content (AvgIpc) is 3.25. The van der Waals surface area contributed by atoms with E-state index in [0.717, 1.165) is 5.69 Å². The van der Waals surface area contributed by atoms with Gasteiger partial charge in [0.2, 0.25) is 11.0 Å². The zero-order valence-electron chi connectivity index (χ0n) is 17.0. The van der Waals surface area contributed by atoms with Gasteiger partial charge in [-0.3, -0.25) is 4.79 Å². The van der Waals surface area contributed by atoms with Gasteiger partial charge in [-0.05, 0) is 30.3 Å². The van der Waals surface area contributed by atoms with Crippen LogP contribution in [0.2, 0.25) is 0 Å². The van der Waals surface area contributed by atoms with Crippen LogP contribution in [0.15, 0.2) is 58.9 Å². The number of hydrogen-bond acceptors (Lipinski definition) is 7. The molecule has 0 saturated carbocycles. The number of rotatable bonds is 6. The van der Waals surface area contributed by atoms with Crippen LogP contribution in [-0.4, -0.2) is 63.9 Å². The number of halogens is 1. The molecular weight excluding hydrogens is 451 g/mol. The SMILES string of the molecule is O=C(CSc1nnc(Nc2cccc(F)c2)s1)N1CCN(C(=O)Nc2ccccc2)CC1. The summed E-state index contributed by atoms with van der Waals surface area (Å²) in [7, 11) is 0. The maximum absolute atomic E-state index is 13.3. The molecule has 2 heterocycles. The molecule has 2 N–H and O–H groups in total. The summed E-state index contributed by atoms with van der Waals surface area (Å²) in [6.07, 6.45) is 0. The van der Waals surface area contributed by atoms with Crippen molar-refractivity contribution in [1.82, 2.24) is 20.0 Å². The Kier molecular flexibility index (Phi) is 7.17. The lowest BCUT2D eigenvalue weighted by atomic mass is 10.3. The van der Waals surface area contributed by atoms with Crippen molar-refractivity contribution in [2.75, 3.05) is 42.6 Å². The number of carbonyl (C=O) groups excluding carboxylic acids is 2. The quantitative estimate of drug-likeness (QED) is 0.529. The van der Waals surface area contributed by atoms with Crippen LogP contribution in [0.5, 0.6) is 0 Å². The highest BCUT2D eigenvalue weighted by Crippen LogP contribution is 2.28. The normalized spacial score (nSPS) is 13.7. The number of nitrogens with zero attached hydrogens (tertiary/aromatic N) is 4. The van der Waals surface area contributed by atoms with Gasteiger partial charge in [0.1, 0.15) is 5.82 Å². The summed E-state index contributed by atoms with van der Waals surface area (Å²) in [5, 5.41) is 14.5. The minimum Gasteiger partial charge on any atom is -0.338 e. The third-order valence-electron chi connectivity index (χ3n) is 4.75. The molecule has 11 heteroatoms. The number of benzene rings is 2. The second kappa shape index (κ2) is 10.4. The zero-order valence-corrected chi connectivity index (χ0v) is 18.7. The molecular formula is C21H21FN6O2S2. The van der Waals surface area contributed by atoms with E-state index in [1.807, 2.05) is 30.3 Å². The first-order valence-corrected chi connectivity index (χ1v) is 11.7. The van der Waals surface area contributed by atoms with E-state index in [1.54, 1.807) is 21.9 Å². The number of anilines is 3. The van der Waals surface area contributed by atoms with Gasteiger partial charge in [0.15, 0.2) is 4.34 Å². The van der Waals surface area contributed by atoms with Crippen LogP contribution in [0.3, 0.4) is 0 Å².